The summed E-state index contributed by atoms with van der Waals surface area (Å²) in [6, 6.07) is 13.4. The van der Waals surface area contributed by atoms with E-state index in [0.717, 1.165) is 16.8 Å². The van der Waals surface area contributed by atoms with Gasteiger partial charge in [-0.1, -0.05) is 53.6 Å². The van der Waals surface area contributed by atoms with Crippen LogP contribution in [-0.4, -0.2) is 12.0 Å². The summed E-state index contributed by atoms with van der Waals surface area (Å²) in [5, 5.41) is 1.11. The number of hydrogen-bond donors (Lipinski definition) is 1. The number of benzene rings is 2. The number of rotatable bonds is 4. The minimum absolute atomic E-state index is 0.390. The summed E-state index contributed by atoms with van der Waals surface area (Å²) in [5.74, 6) is 0. The standard InChI is InChI=1S/C15H14Cl2N2S/c1-19(9-10-6-7-12(16)13(17)8-10)14-5-3-2-4-11(14)15(18)20/h2-8H,9H2,1H3,(H2,18,20). The fraction of sp³-hybridized carbons (Fsp3) is 0.133. The van der Waals surface area contributed by atoms with Gasteiger partial charge in [-0.05, 0) is 29.8 Å². The van der Waals surface area contributed by atoms with Crippen LogP contribution in [0.15, 0.2) is 42.5 Å². The van der Waals surface area contributed by atoms with Crippen molar-refractivity contribution in [3.8, 4) is 0 Å². The summed E-state index contributed by atoms with van der Waals surface area (Å²) in [5.41, 5.74) is 8.68. The first-order chi connectivity index (χ1) is 9.49. The Kier molecular flexibility index (Phi) is 4.86. The van der Waals surface area contributed by atoms with Crippen LogP contribution in [0, 0.1) is 0 Å². The van der Waals surface area contributed by atoms with E-state index in [1.54, 1.807) is 6.07 Å². The van der Waals surface area contributed by atoms with Crippen LogP contribution in [-0.2, 0) is 6.54 Å². The molecule has 0 amide bonds. The van der Waals surface area contributed by atoms with Crippen molar-refractivity contribution < 1.29 is 0 Å². The molecule has 2 aromatic carbocycles. The first-order valence-electron chi connectivity index (χ1n) is 6.03. The lowest BCUT2D eigenvalue weighted by Crippen LogP contribution is -2.21. The molecule has 0 unspecified atom stereocenters. The lowest BCUT2D eigenvalue weighted by atomic mass is 10.1. The van der Waals surface area contributed by atoms with Gasteiger partial charge < -0.3 is 10.6 Å². The second-order valence-electron chi connectivity index (χ2n) is 4.49. The second kappa shape index (κ2) is 6.44. The minimum Gasteiger partial charge on any atom is -0.389 e. The molecule has 0 heterocycles. The average Bonchev–Trinajstić information content (AvgIpc) is 2.43. The van der Waals surface area contributed by atoms with Crippen LogP contribution in [0.25, 0.3) is 0 Å². The Bertz CT molecular complexity index is 644. The molecule has 2 nitrogen and oxygen atoms in total. The average molecular weight is 325 g/mol. The Hall–Kier alpha value is -1.29. The predicted octanol–water partition coefficient (Wildman–Crippen LogP) is 4.26. The van der Waals surface area contributed by atoms with Crippen LogP contribution < -0.4 is 10.6 Å². The normalized spacial score (nSPS) is 10.3. The molecule has 0 bridgehead atoms. The molecule has 0 atom stereocenters. The van der Waals surface area contributed by atoms with Gasteiger partial charge in [0.05, 0.1) is 10.0 Å². The van der Waals surface area contributed by atoms with Crippen LogP contribution in [0.3, 0.4) is 0 Å². The highest BCUT2D eigenvalue weighted by Gasteiger charge is 2.10. The molecule has 104 valence electrons. The van der Waals surface area contributed by atoms with Crippen LogP contribution in [0.4, 0.5) is 5.69 Å². The van der Waals surface area contributed by atoms with Crippen LogP contribution in [0.5, 0.6) is 0 Å². The zero-order chi connectivity index (χ0) is 14.7. The van der Waals surface area contributed by atoms with Gasteiger partial charge in [-0.25, -0.2) is 0 Å². The Balaban J connectivity index is 2.26. The molecule has 0 radical (unpaired) electrons. The Morgan fingerprint density at radius 2 is 1.85 bits per heavy atom. The first-order valence-corrected chi connectivity index (χ1v) is 7.19. The van der Waals surface area contributed by atoms with Crippen molar-refractivity contribution in [3.05, 3.63) is 63.6 Å². The third kappa shape index (κ3) is 3.42. The molecule has 0 spiro atoms. The lowest BCUT2D eigenvalue weighted by molar-refractivity contribution is 0.922. The van der Waals surface area contributed by atoms with Crippen molar-refractivity contribution in [2.24, 2.45) is 5.73 Å². The van der Waals surface area contributed by atoms with Crippen molar-refractivity contribution in [1.82, 2.24) is 0 Å². The maximum absolute atomic E-state index is 6.03. The number of halogens is 2. The number of anilines is 1. The SMILES string of the molecule is CN(Cc1ccc(Cl)c(Cl)c1)c1ccccc1C(N)=S. The van der Waals surface area contributed by atoms with E-state index in [0.29, 0.717) is 21.6 Å². The van der Waals surface area contributed by atoms with E-state index in [1.807, 2.05) is 43.4 Å². The highest BCUT2D eigenvalue weighted by Crippen LogP contribution is 2.25. The number of hydrogen-bond acceptors (Lipinski definition) is 2. The quantitative estimate of drug-likeness (QED) is 0.852. The van der Waals surface area contributed by atoms with E-state index in [2.05, 4.69) is 4.90 Å². The molecule has 0 saturated carbocycles. The van der Waals surface area contributed by atoms with Crippen LogP contribution in [0.1, 0.15) is 11.1 Å². The monoisotopic (exact) mass is 324 g/mol. The van der Waals surface area contributed by atoms with Crippen molar-refractivity contribution in [1.29, 1.82) is 0 Å². The third-order valence-corrected chi connectivity index (χ3v) is 3.94. The predicted molar refractivity (Wildman–Crippen MR) is 90.9 cm³/mol. The maximum atomic E-state index is 6.03. The largest absolute Gasteiger partial charge is 0.389 e. The zero-order valence-electron chi connectivity index (χ0n) is 10.9. The number of nitrogens with two attached hydrogens (primary N) is 1. The fourth-order valence-corrected chi connectivity index (χ4v) is 2.51. The molecular weight excluding hydrogens is 311 g/mol. The molecule has 0 aliphatic rings. The molecular formula is C15H14Cl2N2S. The van der Waals surface area contributed by atoms with Crippen molar-refractivity contribution in [3.63, 3.8) is 0 Å². The highest BCUT2D eigenvalue weighted by molar-refractivity contribution is 7.80. The topological polar surface area (TPSA) is 29.3 Å². The number of nitrogens with zero attached hydrogens (tertiary/aromatic N) is 1. The molecule has 2 N–H and O–H groups in total. The summed E-state index contributed by atoms with van der Waals surface area (Å²) >= 11 is 17.0. The Morgan fingerprint density at radius 3 is 2.50 bits per heavy atom. The summed E-state index contributed by atoms with van der Waals surface area (Å²) in [7, 11) is 1.99. The van der Waals surface area contributed by atoms with Gasteiger partial charge in [-0.15, -0.1) is 0 Å². The molecule has 2 rings (SSSR count). The van der Waals surface area contributed by atoms with E-state index in [-0.39, 0.29) is 0 Å². The van der Waals surface area contributed by atoms with Crippen LogP contribution >= 0.6 is 35.4 Å². The minimum atomic E-state index is 0.390. The molecule has 0 aromatic heterocycles. The van der Waals surface area contributed by atoms with Crippen molar-refractivity contribution in [2.75, 3.05) is 11.9 Å². The van der Waals surface area contributed by atoms with Gasteiger partial charge >= 0.3 is 0 Å². The van der Waals surface area contributed by atoms with E-state index < -0.39 is 0 Å². The number of para-hydroxylation sites is 1. The lowest BCUT2D eigenvalue weighted by Gasteiger charge is -2.22. The molecule has 0 aliphatic heterocycles. The Labute approximate surface area is 134 Å². The summed E-state index contributed by atoms with van der Waals surface area (Å²) in [6.07, 6.45) is 0. The highest BCUT2D eigenvalue weighted by atomic mass is 35.5. The molecule has 2 aromatic rings. The van der Waals surface area contributed by atoms with Gasteiger partial charge in [0.2, 0.25) is 0 Å². The first kappa shape index (κ1) is 15.1. The third-order valence-electron chi connectivity index (χ3n) is 2.98. The van der Waals surface area contributed by atoms with Crippen molar-refractivity contribution >= 4 is 46.1 Å². The van der Waals surface area contributed by atoms with Gasteiger partial charge in [0, 0.05) is 24.8 Å². The molecule has 0 aliphatic carbocycles. The molecule has 5 heteroatoms. The molecule has 20 heavy (non-hydrogen) atoms. The van der Waals surface area contributed by atoms with Gasteiger partial charge in [-0.3, -0.25) is 0 Å². The van der Waals surface area contributed by atoms with Crippen molar-refractivity contribution in [2.45, 2.75) is 6.54 Å². The second-order valence-corrected chi connectivity index (χ2v) is 5.74. The Morgan fingerprint density at radius 1 is 1.15 bits per heavy atom. The van der Waals surface area contributed by atoms with Gasteiger partial charge in [0.15, 0.2) is 0 Å². The van der Waals surface area contributed by atoms with E-state index >= 15 is 0 Å². The zero-order valence-corrected chi connectivity index (χ0v) is 13.3. The number of thiocarbonyl (C=S) groups is 1. The van der Waals surface area contributed by atoms with Gasteiger partial charge in [0.1, 0.15) is 4.99 Å². The van der Waals surface area contributed by atoms with E-state index in [4.69, 9.17) is 41.2 Å². The maximum Gasteiger partial charge on any atom is 0.106 e. The molecule has 0 fully saturated rings. The van der Waals surface area contributed by atoms with E-state index in [1.165, 1.54) is 0 Å². The summed E-state index contributed by atoms with van der Waals surface area (Å²) in [4.78, 5) is 2.47. The van der Waals surface area contributed by atoms with Gasteiger partial charge in [-0.2, -0.15) is 0 Å². The smallest absolute Gasteiger partial charge is 0.106 e. The fourth-order valence-electron chi connectivity index (χ4n) is 2.01. The molecule has 0 saturated heterocycles. The van der Waals surface area contributed by atoms with E-state index in [9.17, 15) is 0 Å². The summed E-state index contributed by atoms with van der Waals surface area (Å²) in [6.45, 7) is 0.691. The van der Waals surface area contributed by atoms with Gasteiger partial charge in [0.25, 0.3) is 0 Å². The summed E-state index contributed by atoms with van der Waals surface area (Å²) < 4.78 is 0. The van der Waals surface area contributed by atoms with Crippen LogP contribution in [0.2, 0.25) is 10.0 Å².